The van der Waals surface area contributed by atoms with E-state index >= 15 is 0 Å². The van der Waals surface area contributed by atoms with Gasteiger partial charge >= 0.3 is 5.97 Å². The van der Waals surface area contributed by atoms with Gasteiger partial charge < -0.3 is 9.84 Å². The molecule has 1 aromatic rings. The fraction of sp³-hybridized carbons (Fsp3) is 0.300. The summed E-state index contributed by atoms with van der Waals surface area (Å²) in [5.41, 5.74) is 0.958. The van der Waals surface area contributed by atoms with Gasteiger partial charge in [-0.05, 0) is 6.07 Å². The number of benzene rings is 1. The van der Waals surface area contributed by atoms with Crippen LogP contribution in [0.2, 0.25) is 0 Å². The van der Waals surface area contributed by atoms with E-state index in [2.05, 4.69) is 4.72 Å². The third-order valence-corrected chi connectivity index (χ3v) is 2.92. The standard InChI is InChI=1S/C10H11NO5S/c1-17(14,15)11-7-4-2-3-6-5-8(10(12)13)16-9(6)7/h2-4,8,11H,5H2,1H3,(H,12,13)/t8-/m0/s1. The van der Waals surface area contributed by atoms with E-state index in [4.69, 9.17) is 9.84 Å². The van der Waals surface area contributed by atoms with Crippen molar-refractivity contribution in [2.75, 3.05) is 11.0 Å². The number of hydrogen-bond acceptors (Lipinski definition) is 4. The minimum absolute atomic E-state index is 0.240. The van der Waals surface area contributed by atoms with Gasteiger partial charge in [0.25, 0.3) is 0 Å². The first kappa shape index (κ1) is 11.7. The van der Waals surface area contributed by atoms with Crippen molar-refractivity contribution in [2.45, 2.75) is 12.5 Å². The summed E-state index contributed by atoms with van der Waals surface area (Å²) in [6, 6.07) is 4.90. The van der Waals surface area contributed by atoms with Crippen LogP contribution >= 0.6 is 0 Å². The van der Waals surface area contributed by atoms with Crippen LogP contribution in [-0.2, 0) is 21.2 Å². The van der Waals surface area contributed by atoms with Gasteiger partial charge in [-0.25, -0.2) is 13.2 Å². The fourth-order valence-corrected chi connectivity index (χ4v) is 2.25. The Labute approximate surface area is 98.3 Å². The van der Waals surface area contributed by atoms with Crippen LogP contribution in [0.3, 0.4) is 0 Å². The van der Waals surface area contributed by atoms with Crippen LogP contribution in [0.5, 0.6) is 5.75 Å². The van der Waals surface area contributed by atoms with Crippen molar-refractivity contribution in [3.63, 3.8) is 0 Å². The average molecular weight is 257 g/mol. The number of ether oxygens (including phenoxy) is 1. The summed E-state index contributed by atoms with van der Waals surface area (Å²) in [6.07, 6.45) is 0.312. The number of carboxylic acid groups (broad SMARTS) is 1. The second-order valence-electron chi connectivity index (χ2n) is 3.82. The van der Waals surface area contributed by atoms with E-state index in [-0.39, 0.29) is 12.1 Å². The highest BCUT2D eigenvalue weighted by Crippen LogP contribution is 2.36. The van der Waals surface area contributed by atoms with Crippen LogP contribution in [0.4, 0.5) is 5.69 Å². The first-order valence-electron chi connectivity index (χ1n) is 4.86. The van der Waals surface area contributed by atoms with E-state index in [0.29, 0.717) is 11.3 Å². The highest BCUT2D eigenvalue weighted by atomic mass is 32.2. The number of nitrogens with one attached hydrogen (secondary N) is 1. The minimum Gasteiger partial charge on any atom is -0.478 e. The normalized spacial score (nSPS) is 18.3. The zero-order valence-corrected chi connectivity index (χ0v) is 9.82. The quantitative estimate of drug-likeness (QED) is 0.820. The van der Waals surface area contributed by atoms with Crippen molar-refractivity contribution >= 4 is 21.7 Å². The third-order valence-electron chi connectivity index (χ3n) is 2.33. The number of rotatable bonds is 3. The van der Waals surface area contributed by atoms with Crippen LogP contribution in [0, 0.1) is 0 Å². The van der Waals surface area contributed by atoms with Gasteiger partial charge in [0.15, 0.2) is 6.10 Å². The lowest BCUT2D eigenvalue weighted by molar-refractivity contribution is -0.144. The summed E-state index contributed by atoms with van der Waals surface area (Å²) >= 11 is 0. The summed E-state index contributed by atoms with van der Waals surface area (Å²) < 4.78 is 29.8. The molecule has 0 bridgehead atoms. The average Bonchev–Trinajstić information content (AvgIpc) is 2.60. The van der Waals surface area contributed by atoms with E-state index in [0.717, 1.165) is 6.26 Å². The lowest BCUT2D eigenvalue weighted by atomic mass is 10.1. The molecule has 7 heteroatoms. The second kappa shape index (κ2) is 3.92. The molecule has 1 atom stereocenters. The van der Waals surface area contributed by atoms with Crippen molar-refractivity contribution in [2.24, 2.45) is 0 Å². The molecule has 17 heavy (non-hydrogen) atoms. The molecule has 1 aromatic carbocycles. The Kier molecular flexibility index (Phi) is 2.70. The Morgan fingerprint density at radius 1 is 1.53 bits per heavy atom. The number of anilines is 1. The number of hydrogen-bond donors (Lipinski definition) is 2. The predicted molar refractivity (Wildman–Crippen MR) is 60.7 cm³/mol. The molecule has 2 rings (SSSR count). The molecule has 0 fully saturated rings. The molecule has 1 heterocycles. The maximum atomic E-state index is 11.1. The number of aliphatic carboxylic acids is 1. The van der Waals surface area contributed by atoms with E-state index in [1.165, 1.54) is 6.07 Å². The van der Waals surface area contributed by atoms with E-state index < -0.39 is 22.1 Å². The molecule has 0 aliphatic carbocycles. The largest absolute Gasteiger partial charge is 0.478 e. The van der Waals surface area contributed by atoms with Crippen LogP contribution in [0.25, 0.3) is 0 Å². The van der Waals surface area contributed by atoms with Crippen LogP contribution in [0.1, 0.15) is 5.56 Å². The minimum atomic E-state index is -3.41. The van der Waals surface area contributed by atoms with Crippen molar-refractivity contribution in [3.05, 3.63) is 23.8 Å². The van der Waals surface area contributed by atoms with E-state index in [1.54, 1.807) is 12.1 Å². The molecule has 0 aromatic heterocycles. The van der Waals surface area contributed by atoms with Gasteiger partial charge in [-0.3, -0.25) is 4.72 Å². The second-order valence-corrected chi connectivity index (χ2v) is 5.57. The summed E-state index contributed by atoms with van der Waals surface area (Å²) in [5, 5.41) is 8.85. The monoisotopic (exact) mass is 257 g/mol. The predicted octanol–water partition coefficient (Wildman–Crippen LogP) is 0.446. The van der Waals surface area contributed by atoms with Crippen molar-refractivity contribution in [1.29, 1.82) is 0 Å². The van der Waals surface area contributed by atoms with E-state index in [1.807, 2.05) is 0 Å². The number of sulfonamides is 1. The molecule has 1 aliphatic rings. The topological polar surface area (TPSA) is 92.7 Å². The Hall–Kier alpha value is -1.76. The Balaban J connectivity index is 2.35. The molecule has 1 aliphatic heterocycles. The highest BCUT2D eigenvalue weighted by Gasteiger charge is 2.30. The summed E-state index contributed by atoms with van der Waals surface area (Å²) in [4.78, 5) is 10.8. The first-order chi connectivity index (χ1) is 7.87. The van der Waals surface area contributed by atoms with Gasteiger partial charge in [0.1, 0.15) is 5.75 Å². The molecule has 0 amide bonds. The molecule has 2 N–H and O–H groups in total. The van der Waals surface area contributed by atoms with Gasteiger partial charge in [0.2, 0.25) is 10.0 Å². The fourth-order valence-electron chi connectivity index (χ4n) is 1.69. The number of carboxylic acids is 1. The molecule has 0 unspecified atom stereocenters. The number of carbonyl (C=O) groups is 1. The molecule has 6 nitrogen and oxygen atoms in total. The van der Waals surface area contributed by atoms with Gasteiger partial charge in [-0.15, -0.1) is 0 Å². The van der Waals surface area contributed by atoms with Crippen molar-refractivity contribution in [1.82, 2.24) is 0 Å². The SMILES string of the molecule is CS(=O)(=O)Nc1cccc2c1O[C@H](C(=O)O)C2. The smallest absolute Gasteiger partial charge is 0.345 e. The van der Waals surface area contributed by atoms with Crippen LogP contribution in [-0.4, -0.2) is 31.9 Å². The maximum Gasteiger partial charge on any atom is 0.345 e. The zero-order chi connectivity index (χ0) is 12.6. The van der Waals surface area contributed by atoms with Gasteiger partial charge in [0.05, 0.1) is 11.9 Å². The molecule has 0 saturated heterocycles. The van der Waals surface area contributed by atoms with Gasteiger partial charge in [-0.1, -0.05) is 12.1 Å². The molecule has 92 valence electrons. The molecular formula is C10H11NO5S. The molecule has 0 saturated carbocycles. The summed E-state index contributed by atoms with van der Waals surface area (Å²) in [6.45, 7) is 0. The number of para-hydroxylation sites is 1. The Morgan fingerprint density at radius 3 is 2.82 bits per heavy atom. The van der Waals surface area contributed by atoms with Crippen LogP contribution in [0.15, 0.2) is 18.2 Å². The highest BCUT2D eigenvalue weighted by molar-refractivity contribution is 7.92. The Bertz CT molecular complexity index is 566. The summed E-state index contributed by atoms with van der Waals surface area (Å²) in [5.74, 6) is -0.767. The van der Waals surface area contributed by atoms with E-state index in [9.17, 15) is 13.2 Å². The lowest BCUT2D eigenvalue weighted by Crippen LogP contribution is -2.24. The van der Waals surface area contributed by atoms with Gasteiger partial charge in [0, 0.05) is 12.0 Å². The van der Waals surface area contributed by atoms with Crippen molar-refractivity contribution in [3.8, 4) is 5.75 Å². The van der Waals surface area contributed by atoms with Gasteiger partial charge in [-0.2, -0.15) is 0 Å². The van der Waals surface area contributed by atoms with Crippen LogP contribution < -0.4 is 9.46 Å². The molecule has 0 spiro atoms. The Morgan fingerprint density at radius 2 is 2.24 bits per heavy atom. The van der Waals surface area contributed by atoms with Crippen molar-refractivity contribution < 1.29 is 23.1 Å². The third kappa shape index (κ3) is 2.50. The zero-order valence-electron chi connectivity index (χ0n) is 9.00. The molecular weight excluding hydrogens is 246 g/mol. The lowest BCUT2D eigenvalue weighted by Gasteiger charge is -2.10. The number of fused-ring (bicyclic) bond motifs is 1. The summed E-state index contributed by atoms with van der Waals surface area (Å²) in [7, 11) is -3.41. The first-order valence-corrected chi connectivity index (χ1v) is 6.75. The maximum absolute atomic E-state index is 11.1. The molecule has 0 radical (unpaired) electrons.